The van der Waals surface area contributed by atoms with Gasteiger partial charge in [-0.25, -0.2) is 0 Å². The molecule has 0 aromatic rings. The molecule has 0 rings (SSSR count). The van der Waals surface area contributed by atoms with Crippen molar-refractivity contribution in [2.75, 3.05) is 0 Å². The largest absolute Gasteiger partial charge is 1.00 e. The van der Waals surface area contributed by atoms with Crippen molar-refractivity contribution in [2.45, 2.75) is 0 Å². The van der Waals surface area contributed by atoms with E-state index in [-0.39, 0.29) is 29.6 Å². The molecule has 5 heteroatoms. The molecule has 0 bridgehead atoms. The van der Waals surface area contributed by atoms with Crippen LogP contribution in [-0.2, 0) is 0 Å². The second-order valence-corrected chi connectivity index (χ2v) is 0.238. The van der Waals surface area contributed by atoms with Gasteiger partial charge in [-0.2, -0.15) is 0 Å². The Kier molecular flexibility index (Phi) is 7.52. The summed E-state index contributed by atoms with van der Waals surface area (Å²) < 4.78 is 0. The van der Waals surface area contributed by atoms with Crippen molar-refractivity contribution in [1.82, 2.24) is 0 Å². The van der Waals surface area contributed by atoms with E-state index in [9.17, 15) is 0 Å². The number of hydrogen-bond acceptors (Lipinski definition) is 2. The van der Waals surface area contributed by atoms with E-state index >= 15 is 0 Å². The fourth-order valence-electron chi connectivity index (χ4n) is 0. The van der Waals surface area contributed by atoms with E-state index in [2.05, 4.69) is 0 Å². The van der Waals surface area contributed by atoms with Gasteiger partial charge in [0.15, 0.2) is 0 Å². The van der Waals surface area contributed by atoms with Gasteiger partial charge in [0.1, 0.15) is 0 Å². The van der Waals surface area contributed by atoms with Crippen LogP contribution < -0.4 is 29.6 Å². The van der Waals surface area contributed by atoms with Crippen molar-refractivity contribution in [3.8, 4) is 0 Å². The normalized spacial score (nSPS) is 4.80. The van der Waals surface area contributed by atoms with Crippen LogP contribution in [0.2, 0.25) is 0 Å². The van der Waals surface area contributed by atoms with Gasteiger partial charge < -0.3 is 5.21 Å². The van der Waals surface area contributed by atoms with Crippen molar-refractivity contribution in [3.05, 3.63) is 10.1 Å². The van der Waals surface area contributed by atoms with Gasteiger partial charge in [0.2, 0.25) is 0 Å². The van der Waals surface area contributed by atoms with Crippen LogP contribution in [0.1, 0.15) is 0 Å². The molecule has 0 aliphatic rings. The molecular formula is HNNaO3+. The third-order valence-electron chi connectivity index (χ3n) is 0. The maximum absolute atomic E-state index is 8.36. The minimum atomic E-state index is -1.50. The summed E-state index contributed by atoms with van der Waals surface area (Å²) in [4.78, 5) is 8.36. The molecule has 0 fully saturated rings. The molecule has 0 aliphatic heterocycles. The first-order valence-corrected chi connectivity index (χ1v) is 0.565. The van der Waals surface area contributed by atoms with Crippen LogP contribution in [-0.4, -0.2) is 10.3 Å². The Labute approximate surface area is 50.2 Å². The van der Waals surface area contributed by atoms with E-state index in [1.807, 2.05) is 0 Å². The van der Waals surface area contributed by atoms with Crippen LogP contribution in [0, 0.1) is 10.1 Å². The van der Waals surface area contributed by atoms with E-state index in [1.54, 1.807) is 0 Å². The zero-order chi connectivity index (χ0) is 3.58. The summed E-state index contributed by atoms with van der Waals surface area (Å²) in [5.74, 6) is 0. The molecule has 1 N–H and O–H groups in total. The van der Waals surface area contributed by atoms with E-state index < -0.39 is 5.09 Å². The first-order chi connectivity index (χ1) is 1.73. The fraction of sp³-hybridized carbons (Fsp3) is 0. The van der Waals surface area contributed by atoms with Gasteiger partial charge in [-0.1, -0.05) is 0 Å². The van der Waals surface area contributed by atoms with E-state index in [0.29, 0.717) is 0 Å². The van der Waals surface area contributed by atoms with Crippen LogP contribution in [0.5, 0.6) is 0 Å². The Hall–Kier alpha value is 0.200. The second-order valence-electron chi connectivity index (χ2n) is 0.238. The molecule has 0 saturated carbocycles. The predicted octanol–water partition coefficient (Wildman–Crippen LogP) is -3.34. The third-order valence-corrected chi connectivity index (χ3v) is 0. The molecular weight excluding hydrogens is 85.0 g/mol. The van der Waals surface area contributed by atoms with Gasteiger partial charge in [-0.15, -0.1) is 10.1 Å². The molecule has 0 amide bonds. The van der Waals surface area contributed by atoms with Crippen LogP contribution in [0.15, 0.2) is 0 Å². The fourth-order valence-corrected chi connectivity index (χ4v) is 0. The first kappa shape index (κ1) is 8.96. The zero-order valence-corrected chi connectivity index (χ0v) is 4.71. The molecule has 0 aromatic carbocycles. The van der Waals surface area contributed by atoms with Gasteiger partial charge in [-0.3, -0.25) is 0 Å². The Bertz CT molecular complexity index is 29.9. The van der Waals surface area contributed by atoms with E-state index in [4.69, 9.17) is 15.3 Å². The van der Waals surface area contributed by atoms with Crippen molar-refractivity contribution in [2.24, 2.45) is 0 Å². The number of hydrogen-bond donors (Lipinski definition) is 1. The molecule has 0 aromatic heterocycles. The van der Waals surface area contributed by atoms with E-state index in [1.165, 1.54) is 0 Å². The smallest absolute Gasteiger partial charge is 0.328 e. The summed E-state index contributed by atoms with van der Waals surface area (Å²) in [5, 5.41) is 13.6. The molecule has 0 spiro atoms. The van der Waals surface area contributed by atoms with Gasteiger partial charge in [0.25, 0.3) is 5.09 Å². The summed E-state index contributed by atoms with van der Waals surface area (Å²) in [6.45, 7) is 0. The molecule has 0 radical (unpaired) electrons. The van der Waals surface area contributed by atoms with Gasteiger partial charge in [0.05, 0.1) is 0 Å². The Morgan fingerprint density at radius 3 is 1.80 bits per heavy atom. The van der Waals surface area contributed by atoms with Crippen molar-refractivity contribution in [3.63, 3.8) is 0 Å². The summed E-state index contributed by atoms with van der Waals surface area (Å²) >= 11 is 0. The van der Waals surface area contributed by atoms with Crippen LogP contribution in [0.25, 0.3) is 0 Å². The molecule has 24 valence electrons. The average Bonchev–Trinajstić information content (AvgIpc) is 0.811. The topological polar surface area (TPSA) is 63.4 Å². The first-order valence-electron chi connectivity index (χ1n) is 0.565. The third kappa shape index (κ3) is 508. The summed E-state index contributed by atoms with van der Waals surface area (Å²) in [6, 6.07) is 0. The van der Waals surface area contributed by atoms with Crippen LogP contribution in [0.4, 0.5) is 0 Å². The molecule has 4 nitrogen and oxygen atoms in total. The Balaban J connectivity index is 0. The molecule has 0 aliphatic carbocycles. The van der Waals surface area contributed by atoms with Crippen molar-refractivity contribution >= 4 is 0 Å². The van der Waals surface area contributed by atoms with Gasteiger partial charge in [-0.05, 0) is 0 Å². The standard InChI is InChI=1S/HNO3.Na/c2-1(3)4;/h(H,2,3,4);/q;+1. The SMILES string of the molecule is O=[N+]([O-])O.[Na+]. The molecule has 0 unspecified atom stereocenters. The molecule has 0 heterocycles. The maximum atomic E-state index is 8.36. The van der Waals surface area contributed by atoms with Crippen molar-refractivity contribution in [1.29, 1.82) is 0 Å². The minimum Gasteiger partial charge on any atom is -0.328 e. The summed E-state index contributed by atoms with van der Waals surface area (Å²) in [6.07, 6.45) is 0. The van der Waals surface area contributed by atoms with Crippen molar-refractivity contribution < 1.29 is 39.9 Å². The Morgan fingerprint density at radius 2 is 1.80 bits per heavy atom. The quantitative estimate of drug-likeness (QED) is 0.190. The van der Waals surface area contributed by atoms with E-state index in [0.717, 1.165) is 0 Å². The van der Waals surface area contributed by atoms with Crippen LogP contribution in [0.3, 0.4) is 0 Å². The molecule has 0 atom stereocenters. The number of rotatable bonds is 0. The monoisotopic (exact) mass is 86.0 g/mol. The summed E-state index contributed by atoms with van der Waals surface area (Å²) in [7, 11) is 0. The zero-order valence-electron chi connectivity index (χ0n) is 2.71. The molecule has 5 heavy (non-hydrogen) atoms. The maximum Gasteiger partial charge on any atom is 1.00 e. The number of nitrogens with zero attached hydrogens (tertiary/aromatic N) is 1. The van der Waals surface area contributed by atoms with Crippen LogP contribution >= 0.6 is 0 Å². The van der Waals surface area contributed by atoms with Gasteiger partial charge >= 0.3 is 29.6 Å². The predicted molar refractivity (Wildman–Crippen MR) is 8.78 cm³/mol. The average molecular weight is 86.0 g/mol. The minimum absolute atomic E-state index is 0. The Morgan fingerprint density at radius 1 is 1.80 bits per heavy atom. The second kappa shape index (κ2) is 4.20. The summed E-state index contributed by atoms with van der Waals surface area (Å²) in [5.41, 5.74) is 0. The molecule has 0 saturated heterocycles. The van der Waals surface area contributed by atoms with Gasteiger partial charge in [0, 0.05) is 0 Å².